The van der Waals surface area contributed by atoms with Gasteiger partial charge in [0.15, 0.2) is 24.6 Å². The standard InChI is InChI=1S/C71H116O12/c1-4-7-10-13-16-19-22-25-28-31-32-35-36-39-42-45-48-51-54-57-63(72)79-60-62(81-64(73)58-55-52-49-46-43-40-37-33-29-26-23-20-17-14-11-8-5-2)61-80-71-69(67(76)66(75)68(83-71)70(77)78)82-65(74)59-56-53-50-47-44-41-38-34-30-27-24-21-18-15-12-9-6-3/h9,12,16-21,25-30,32,35,38,41,62,66-69,71,75-76H,4-8,10-11,13-15,22-24,31,33-34,36-37,39-40,42-61H2,1-3H3,(H,77,78)/b12-9-,19-16-,20-17-,21-18-,28-25-,29-26-,30-27-,35-32-,41-38-. The van der Waals surface area contributed by atoms with Gasteiger partial charge in [-0.25, -0.2) is 4.79 Å². The molecule has 3 N–H and O–H groups in total. The molecule has 12 heteroatoms. The average Bonchev–Trinajstić information content (AvgIpc) is 3.55. The highest BCUT2D eigenvalue weighted by molar-refractivity contribution is 5.74. The van der Waals surface area contributed by atoms with Gasteiger partial charge in [-0.1, -0.05) is 226 Å². The Labute approximate surface area is 504 Å². The van der Waals surface area contributed by atoms with Crippen molar-refractivity contribution in [2.45, 2.75) is 302 Å². The van der Waals surface area contributed by atoms with Crippen LogP contribution in [0.5, 0.6) is 0 Å². The van der Waals surface area contributed by atoms with Gasteiger partial charge in [0.2, 0.25) is 0 Å². The number of aliphatic hydroxyl groups is 2. The first kappa shape index (κ1) is 76.4. The molecule has 0 saturated carbocycles. The molecule has 83 heavy (non-hydrogen) atoms. The molecule has 0 radical (unpaired) electrons. The summed E-state index contributed by atoms with van der Waals surface area (Å²) in [5.41, 5.74) is 0. The normalized spacial score (nSPS) is 18.3. The molecule has 1 saturated heterocycles. The second kappa shape index (κ2) is 57.8. The molecular weight excluding hydrogens is 1040 g/mol. The van der Waals surface area contributed by atoms with Gasteiger partial charge in [-0.2, -0.15) is 0 Å². The second-order valence-electron chi connectivity index (χ2n) is 22.0. The number of ether oxygens (including phenoxy) is 5. The molecule has 0 amide bonds. The molecule has 0 aromatic heterocycles. The van der Waals surface area contributed by atoms with Crippen molar-refractivity contribution in [3.05, 3.63) is 109 Å². The molecule has 6 unspecified atom stereocenters. The minimum Gasteiger partial charge on any atom is -0.479 e. The van der Waals surface area contributed by atoms with Crippen molar-refractivity contribution in [3.8, 4) is 0 Å². The maximum Gasteiger partial charge on any atom is 0.335 e. The second-order valence-corrected chi connectivity index (χ2v) is 22.0. The van der Waals surface area contributed by atoms with E-state index in [4.69, 9.17) is 23.7 Å². The zero-order valence-electron chi connectivity index (χ0n) is 52.2. The summed E-state index contributed by atoms with van der Waals surface area (Å²) in [7, 11) is 0. The highest BCUT2D eigenvalue weighted by atomic mass is 16.7. The largest absolute Gasteiger partial charge is 0.479 e. The highest BCUT2D eigenvalue weighted by Crippen LogP contribution is 2.26. The van der Waals surface area contributed by atoms with Crippen LogP contribution in [-0.2, 0) is 42.9 Å². The Morgan fingerprint density at radius 3 is 1.16 bits per heavy atom. The summed E-state index contributed by atoms with van der Waals surface area (Å²) in [6.07, 6.45) is 66.0. The first-order valence-electron chi connectivity index (χ1n) is 32.9. The summed E-state index contributed by atoms with van der Waals surface area (Å²) in [6, 6.07) is 0. The predicted molar refractivity (Wildman–Crippen MR) is 340 cm³/mol. The van der Waals surface area contributed by atoms with E-state index in [-0.39, 0.29) is 25.9 Å². The minimum absolute atomic E-state index is 0.0254. The Morgan fingerprint density at radius 2 is 0.759 bits per heavy atom. The van der Waals surface area contributed by atoms with Crippen molar-refractivity contribution in [2.75, 3.05) is 13.2 Å². The van der Waals surface area contributed by atoms with Crippen LogP contribution in [0.25, 0.3) is 0 Å². The van der Waals surface area contributed by atoms with E-state index in [1.165, 1.54) is 44.9 Å². The molecule has 472 valence electrons. The molecule has 1 fully saturated rings. The first-order valence-corrected chi connectivity index (χ1v) is 32.9. The van der Waals surface area contributed by atoms with Gasteiger partial charge in [0.1, 0.15) is 18.8 Å². The van der Waals surface area contributed by atoms with Crippen molar-refractivity contribution in [3.63, 3.8) is 0 Å². The predicted octanol–water partition coefficient (Wildman–Crippen LogP) is 17.8. The van der Waals surface area contributed by atoms with Gasteiger partial charge in [-0.15, -0.1) is 0 Å². The minimum atomic E-state index is -1.92. The van der Waals surface area contributed by atoms with Gasteiger partial charge in [-0.3, -0.25) is 14.4 Å². The Balaban J connectivity index is 2.70. The van der Waals surface area contributed by atoms with Gasteiger partial charge >= 0.3 is 23.9 Å². The fourth-order valence-corrected chi connectivity index (χ4v) is 9.28. The van der Waals surface area contributed by atoms with E-state index in [2.05, 4.69) is 130 Å². The fraction of sp³-hybridized carbons (Fsp3) is 0.690. The van der Waals surface area contributed by atoms with Crippen molar-refractivity contribution in [1.29, 1.82) is 0 Å². The van der Waals surface area contributed by atoms with Crippen molar-refractivity contribution >= 4 is 23.9 Å². The number of unbranched alkanes of at least 4 members (excludes halogenated alkanes) is 23. The number of carboxylic acid groups (broad SMARTS) is 1. The smallest absolute Gasteiger partial charge is 0.335 e. The van der Waals surface area contributed by atoms with Crippen molar-refractivity contribution < 1.29 is 58.2 Å². The van der Waals surface area contributed by atoms with E-state index >= 15 is 0 Å². The number of hydrogen-bond acceptors (Lipinski definition) is 11. The van der Waals surface area contributed by atoms with Crippen LogP contribution in [-0.4, -0.2) is 89.2 Å². The van der Waals surface area contributed by atoms with Gasteiger partial charge in [0.05, 0.1) is 6.61 Å². The zero-order valence-corrected chi connectivity index (χ0v) is 52.2. The third-order valence-electron chi connectivity index (χ3n) is 14.3. The molecule has 1 aliphatic rings. The number of carboxylic acids is 1. The quantitative estimate of drug-likeness (QED) is 0.0228. The summed E-state index contributed by atoms with van der Waals surface area (Å²) in [5.74, 6) is -3.18. The fourth-order valence-electron chi connectivity index (χ4n) is 9.28. The Hall–Kier alpha value is -4.62. The van der Waals surface area contributed by atoms with Crippen LogP contribution in [0.4, 0.5) is 0 Å². The summed E-state index contributed by atoms with van der Waals surface area (Å²) in [5, 5.41) is 31.6. The highest BCUT2D eigenvalue weighted by Gasteiger charge is 2.50. The van der Waals surface area contributed by atoms with Crippen molar-refractivity contribution in [2.24, 2.45) is 0 Å². The Bertz CT molecular complexity index is 1860. The van der Waals surface area contributed by atoms with Crippen LogP contribution in [0.3, 0.4) is 0 Å². The van der Waals surface area contributed by atoms with Crippen LogP contribution in [0.2, 0.25) is 0 Å². The van der Waals surface area contributed by atoms with E-state index in [1.54, 1.807) is 0 Å². The lowest BCUT2D eigenvalue weighted by molar-refractivity contribution is -0.301. The first-order chi connectivity index (χ1) is 40.6. The summed E-state index contributed by atoms with van der Waals surface area (Å²) in [6.45, 7) is 5.82. The lowest BCUT2D eigenvalue weighted by atomic mass is 9.98. The Kier molecular flexibility index (Phi) is 53.2. The van der Waals surface area contributed by atoms with Crippen LogP contribution >= 0.6 is 0 Å². The number of hydrogen-bond donors (Lipinski definition) is 3. The zero-order chi connectivity index (χ0) is 60.3. The maximum absolute atomic E-state index is 13.2. The number of rotatable bonds is 55. The number of aliphatic hydroxyl groups excluding tert-OH is 2. The molecule has 0 aliphatic carbocycles. The molecule has 0 spiro atoms. The van der Waals surface area contributed by atoms with Crippen LogP contribution in [0.1, 0.15) is 265 Å². The van der Waals surface area contributed by atoms with Crippen LogP contribution in [0.15, 0.2) is 109 Å². The van der Waals surface area contributed by atoms with Crippen LogP contribution < -0.4 is 0 Å². The summed E-state index contributed by atoms with van der Waals surface area (Å²) >= 11 is 0. The number of aliphatic carboxylic acids is 1. The lowest BCUT2D eigenvalue weighted by Gasteiger charge is -2.40. The topological polar surface area (TPSA) is 175 Å². The van der Waals surface area contributed by atoms with Gasteiger partial charge in [0.25, 0.3) is 0 Å². The molecule has 12 nitrogen and oxygen atoms in total. The summed E-state index contributed by atoms with van der Waals surface area (Å²) < 4.78 is 28.5. The van der Waals surface area contributed by atoms with Gasteiger partial charge in [-0.05, 0) is 128 Å². The SMILES string of the molecule is CC/C=C\C/C=C\C/C=C\C/C=C\CCCCCCC(=O)OC1C(OCC(COC(=O)CCCCCCCC/C=C\C/C=C\C/C=C\CCCCC)OC(=O)CCCCCCCCC/C=C\C/C=C\CCCCC)OC(C(=O)O)C(O)C1O. The maximum atomic E-state index is 13.2. The molecule has 0 aromatic carbocycles. The summed E-state index contributed by atoms with van der Waals surface area (Å²) in [4.78, 5) is 51.4. The van der Waals surface area contributed by atoms with E-state index < -0.39 is 67.3 Å². The van der Waals surface area contributed by atoms with E-state index in [0.717, 1.165) is 161 Å². The number of carbonyl (C=O) groups excluding carboxylic acids is 3. The number of carbonyl (C=O) groups is 4. The lowest BCUT2D eigenvalue weighted by Crippen LogP contribution is -2.61. The molecule has 6 atom stereocenters. The number of esters is 3. The van der Waals surface area contributed by atoms with Gasteiger partial charge < -0.3 is 39.0 Å². The van der Waals surface area contributed by atoms with E-state index in [9.17, 15) is 34.5 Å². The third kappa shape index (κ3) is 47.3. The molecule has 1 heterocycles. The third-order valence-corrected chi connectivity index (χ3v) is 14.3. The molecular formula is C71H116O12. The van der Waals surface area contributed by atoms with Gasteiger partial charge in [0, 0.05) is 19.3 Å². The molecule has 1 rings (SSSR count). The van der Waals surface area contributed by atoms with E-state index in [0.29, 0.717) is 19.3 Å². The Morgan fingerprint density at radius 1 is 0.410 bits per heavy atom. The molecule has 0 aromatic rings. The molecule has 1 aliphatic heterocycles. The van der Waals surface area contributed by atoms with Crippen molar-refractivity contribution in [1.82, 2.24) is 0 Å². The average molecular weight is 1160 g/mol. The number of allylic oxidation sites excluding steroid dienone is 18. The monoisotopic (exact) mass is 1160 g/mol. The molecule has 0 bridgehead atoms. The van der Waals surface area contributed by atoms with E-state index in [1.807, 2.05) is 0 Å². The van der Waals surface area contributed by atoms with Crippen LogP contribution in [0, 0.1) is 0 Å².